The highest BCUT2D eigenvalue weighted by molar-refractivity contribution is 7.92. The maximum absolute atomic E-state index is 12.9. The van der Waals surface area contributed by atoms with Crippen molar-refractivity contribution in [2.75, 3.05) is 17.8 Å². The van der Waals surface area contributed by atoms with Gasteiger partial charge in [-0.1, -0.05) is 55.0 Å². The highest BCUT2D eigenvalue weighted by Crippen LogP contribution is 2.33. The number of benzene rings is 3. The molecule has 5 aromatic rings. The molecular formula is C32H31N5O3S. The number of nitrogens with one attached hydrogen (secondary N) is 2. The van der Waals surface area contributed by atoms with Crippen LogP contribution in [0.4, 0.5) is 11.4 Å². The second-order valence-corrected chi connectivity index (χ2v) is 11.8. The van der Waals surface area contributed by atoms with Gasteiger partial charge < -0.3 is 10.1 Å². The summed E-state index contributed by atoms with van der Waals surface area (Å²) in [5.74, 6) is -0.0472. The molecule has 0 saturated carbocycles. The van der Waals surface area contributed by atoms with Crippen molar-refractivity contribution in [2.24, 2.45) is 4.99 Å². The predicted molar refractivity (Wildman–Crippen MR) is 162 cm³/mol. The van der Waals surface area contributed by atoms with Crippen LogP contribution >= 0.6 is 0 Å². The summed E-state index contributed by atoms with van der Waals surface area (Å²) < 4.78 is 28.4. The molecule has 3 aromatic carbocycles. The van der Waals surface area contributed by atoms with Crippen LogP contribution in [0.15, 0.2) is 107 Å². The van der Waals surface area contributed by atoms with E-state index in [0.29, 0.717) is 27.9 Å². The van der Waals surface area contributed by atoms with Gasteiger partial charge in [-0.3, -0.25) is 9.62 Å². The molecule has 0 bridgehead atoms. The topological polar surface area (TPSA) is 111 Å². The van der Waals surface area contributed by atoms with E-state index in [0.717, 1.165) is 30.9 Å². The Morgan fingerprint density at radius 2 is 1.68 bits per heavy atom. The standard InChI is InChI=1S/C32H31N5O3S/c38-32-30(27-21-26(16-17-28(27)35-32)36-41(39,40)29-11-5-6-18-33-29)31(24-9-3-1-4-10-24)34-25-14-12-23(13-15-25)22-37-19-7-2-8-20-37/h1,3-6,9-18,21,35-36,38H,2,7-8,19-20,22H2. The summed E-state index contributed by atoms with van der Waals surface area (Å²) >= 11 is 0. The molecular weight excluding hydrogens is 534 g/mol. The van der Waals surface area contributed by atoms with Gasteiger partial charge in [0.15, 0.2) is 10.9 Å². The van der Waals surface area contributed by atoms with Crippen molar-refractivity contribution in [2.45, 2.75) is 30.8 Å². The molecule has 3 heterocycles. The Kier molecular flexibility index (Phi) is 7.54. The molecule has 41 heavy (non-hydrogen) atoms. The molecule has 0 atom stereocenters. The third-order valence-corrected chi connectivity index (χ3v) is 8.56. The Morgan fingerprint density at radius 1 is 0.927 bits per heavy atom. The lowest BCUT2D eigenvalue weighted by Crippen LogP contribution is -2.28. The number of fused-ring (bicyclic) bond motifs is 1. The van der Waals surface area contributed by atoms with Crippen LogP contribution in [0.1, 0.15) is 36.0 Å². The maximum atomic E-state index is 12.9. The summed E-state index contributed by atoms with van der Waals surface area (Å²) in [7, 11) is -3.89. The fourth-order valence-corrected chi connectivity index (χ4v) is 6.24. The van der Waals surface area contributed by atoms with Crippen LogP contribution < -0.4 is 4.72 Å². The summed E-state index contributed by atoms with van der Waals surface area (Å²) in [6, 6.07) is 27.6. The van der Waals surface area contributed by atoms with E-state index in [1.165, 1.54) is 37.1 Å². The summed E-state index contributed by atoms with van der Waals surface area (Å²) in [6.45, 7) is 3.20. The number of aliphatic imine (C=N–C) groups is 1. The van der Waals surface area contributed by atoms with Crippen molar-refractivity contribution in [3.63, 3.8) is 0 Å². The lowest BCUT2D eigenvalue weighted by molar-refractivity contribution is 0.221. The number of hydrogen-bond acceptors (Lipinski definition) is 6. The average molecular weight is 566 g/mol. The van der Waals surface area contributed by atoms with E-state index < -0.39 is 10.0 Å². The van der Waals surface area contributed by atoms with Gasteiger partial charge in [-0.25, -0.2) is 9.98 Å². The first-order chi connectivity index (χ1) is 20.0. The Labute approximate surface area is 239 Å². The molecule has 1 saturated heterocycles. The fraction of sp³-hybridized carbons (Fsp3) is 0.188. The minimum atomic E-state index is -3.89. The summed E-state index contributed by atoms with van der Waals surface area (Å²) in [6.07, 6.45) is 5.25. The molecule has 1 aliphatic rings. The first-order valence-corrected chi connectivity index (χ1v) is 15.2. The monoisotopic (exact) mass is 565 g/mol. The van der Waals surface area contributed by atoms with Gasteiger partial charge in [0.1, 0.15) is 0 Å². The summed E-state index contributed by atoms with van der Waals surface area (Å²) in [5.41, 5.74) is 4.88. The second-order valence-electron chi connectivity index (χ2n) is 10.2. The van der Waals surface area contributed by atoms with Crippen LogP contribution in [0.3, 0.4) is 0 Å². The van der Waals surface area contributed by atoms with Crippen LogP contribution in [0.2, 0.25) is 0 Å². The largest absolute Gasteiger partial charge is 0.494 e. The zero-order valence-electron chi connectivity index (χ0n) is 22.5. The third-order valence-electron chi connectivity index (χ3n) is 7.26. The number of aromatic hydroxyl groups is 1. The second kappa shape index (κ2) is 11.6. The molecule has 0 unspecified atom stereocenters. The van der Waals surface area contributed by atoms with Crippen molar-refractivity contribution >= 4 is 38.0 Å². The smallest absolute Gasteiger partial charge is 0.279 e. The zero-order chi connectivity index (χ0) is 28.2. The number of sulfonamides is 1. The Morgan fingerprint density at radius 3 is 2.41 bits per heavy atom. The van der Waals surface area contributed by atoms with Gasteiger partial charge in [0.2, 0.25) is 0 Å². The van der Waals surface area contributed by atoms with E-state index in [2.05, 4.69) is 31.7 Å². The molecule has 1 aliphatic heterocycles. The first-order valence-electron chi connectivity index (χ1n) is 13.7. The van der Waals surface area contributed by atoms with E-state index in [9.17, 15) is 13.5 Å². The SMILES string of the molecule is O=S(=O)(Nc1ccc2[nH]c(O)c(C(=Nc3ccc(CN4CCCCC4)cc3)c3ccccc3)c2c1)c1ccccn1. The van der Waals surface area contributed by atoms with Crippen molar-refractivity contribution in [3.05, 3.63) is 114 Å². The molecule has 208 valence electrons. The van der Waals surface area contributed by atoms with Crippen LogP contribution in [0.5, 0.6) is 5.88 Å². The minimum Gasteiger partial charge on any atom is -0.494 e. The molecule has 0 radical (unpaired) electrons. The zero-order valence-corrected chi connectivity index (χ0v) is 23.3. The quantitative estimate of drug-likeness (QED) is 0.193. The van der Waals surface area contributed by atoms with E-state index >= 15 is 0 Å². The van der Waals surface area contributed by atoms with E-state index in [1.54, 1.807) is 30.3 Å². The molecule has 0 aliphatic carbocycles. The number of rotatable bonds is 8. The number of nitrogens with zero attached hydrogens (tertiary/aromatic N) is 3. The van der Waals surface area contributed by atoms with Crippen molar-refractivity contribution in [1.29, 1.82) is 0 Å². The predicted octanol–water partition coefficient (Wildman–Crippen LogP) is 6.22. The fourth-order valence-electron chi connectivity index (χ4n) is 5.24. The van der Waals surface area contributed by atoms with Gasteiger partial charge in [-0.15, -0.1) is 0 Å². The molecule has 0 spiro atoms. The molecule has 1 fully saturated rings. The van der Waals surface area contributed by atoms with Gasteiger partial charge in [0.05, 0.1) is 17.0 Å². The Hall–Kier alpha value is -4.47. The van der Waals surface area contributed by atoms with Crippen LogP contribution in [0.25, 0.3) is 10.9 Å². The molecule has 3 N–H and O–H groups in total. The van der Waals surface area contributed by atoms with Gasteiger partial charge in [0.25, 0.3) is 10.0 Å². The van der Waals surface area contributed by atoms with Crippen LogP contribution in [-0.4, -0.2) is 47.2 Å². The van der Waals surface area contributed by atoms with Crippen LogP contribution in [0, 0.1) is 0 Å². The van der Waals surface area contributed by atoms with E-state index in [4.69, 9.17) is 4.99 Å². The van der Waals surface area contributed by atoms with E-state index in [-0.39, 0.29) is 10.9 Å². The highest BCUT2D eigenvalue weighted by Gasteiger charge is 2.21. The number of likely N-dealkylation sites (tertiary alicyclic amines) is 1. The van der Waals surface area contributed by atoms with Crippen molar-refractivity contribution in [3.8, 4) is 5.88 Å². The number of H-pyrrole nitrogens is 1. The average Bonchev–Trinajstić information content (AvgIpc) is 3.32. The Balaban J connectivity index is 1.38. The molecule has 2 aromatic heterocycles. The Bertz CT molecular complexity index is 1780. The highest BCUT2D eigenvalue weighted by atomic mass is 32.2. The van der Waals surface area contributed by atoms with Gasteiger partial charge in [0, 0.05) is 34.9 Å². The minimum absolute atomic E-state index is 0.0472. The molecule has 0 amide bonds. The summed E-state index contributed by atoms with van der Waals surface area (Å²) in [5, 5.41) is 11.6. The number of anilines is 1. The summed E-state index contributed by atoms with van der Waals surface area (Å²) in [4.78, 5) is 14.5. The third kappa shape index (κ3) is 6.01. The van der Waals surface area contributed by atoms with Crippen LogP contribution in [-0.2, 0) is 16.6 Å². The van der Waals surface area contributed by atoms with Gasteiger partial charge in [-0.05, 0) is 74.0 Å². The lowest BCUT2D eigenvalue weighted by Gasteiger charge is -2.26. The maximum Gasteiger partial charge on any atom is 0.279 e. The number of aromatic nitrogens is 2. The molecule has 9 heteroatoms. The number of aromatic amines is 1. The number of pyridine rings is 1. The molecule has 6 rings (SSSR count). The normalized spacial score (nSPS) is 14.8. The van der Waals surface area contributed by atoms with E-state index in [1.807, 2.05) is 42.5 Å². The first kappa shape index (κ1) is 26.7. The lowest BCUT2D eigenvalue weighted by atomic mass is 10.0. The van der Waals surface area contributed by atoms with Crippen molar-refractivity contribution < 1.29 is 13.5 Å². The number of hydrogen-bond donors (Lipinski definition) is 3. The van der Waals surface area contributed by atoms with Crippen molar-refractivity contribution in [1.82, 2.24) is 14.9 Å². The van der Waals surface area contributed by atoms with Gasteiger partial charge >= 0.3 is 0 Å². The van der Waals surface area contributed by atoms with Gasteiger partial charge in [-0.2, -0.15) is 8.42 Å². The molecule has 8 nitrogen and oxygen atoms in total. The number of piperidine rings is 1.